The minimum absolute atomic E-state index is 0.0433. The molecule has 1 N–H and O–H groups in total. The monoisotopic (exact) mass is 516 g/mol. The smallest absolute Gasteiger partial charge is 0.156 e. The highest BCUT2D eigenvalue weighted by molar-refractivity contribution is 5.98. The van der Waals surface area contributed by atoms with E-state index < -0.39 is 0 Å². The summed E-state index contributed by atoms with van der Waals surface area (Å²) >= 11 is 0. The van der Waals surface area contributed by atoms with Crippen LogP contribution in [0.2, 0.25) is 0 Å². The number of ether oxygens (including phenoxy) is 2. The first kappa shape index (κ1) is 24.8. The van der Waals surface area contributed by atoms with Gasteiger partial charge in [-0.15, -0.1) is 0 Å². The molecule has 38 heavy (non-hydrogen) atoms. The van der Waals surface area contributed by atoms with Crippen molar-refractivity contribution in [2.75, 3.05) is 50.6 Å². The van der Waals surface area contributed by atoms with Gasteiger partial charge >= 0.3 is 0 Å². The number of anilines is 3. The first-order chi connectivity index (χ1) is 18.5. The summed E-state index contributed by atoms with van der Waals surface area (Å²) < 4.78 is 27.4. The van der Waals surface area contributed by atoms with E-state index >= 15 is 4.39 Å². The second-order valence-corrected chi connectivity index (χ2v) is 10.5. The lowest BCUT2D eigenvalue weighted by atomic mass is 10.0. The summed E-state index contributed by atoms with van der Waals surface area (Å²) in [5, 5.41) is 4.40. The average molecular weight is 517 g/mol. The molecule has 0 bridgehead atoms. The van der Waals surface area contributed by atoms with E-state index in [1.165, 1.54) is 6.33 Å². The Hall–Kier alpha value is -3.56. The maximum Gasteiger partial charge on any atom is 0.156 e. The summed E-state index contributed by atoms with van der Waals surface area (Å²) in [6.45, 7) is 5.38. The molecule has 6 rings (SSSR count). The van der Waals surface area contributed by atoms with Gasteiger partial charge in [-0.25, -0.2) is 14.4 Å². The molecule has 2 aliphatic rings. The Bertz CT molecular complexity index is 1450. The highest BCUT2D eigenvalue weighted by Gasteiger charge is 2.28. The largest absolute Gasteiger partial charge is 0.489 e. The number of hydrogen-bond acceptors (Lipinski definition) is 8. The number of benzene rings is 2. The summed E-state index contributed by atoms with van der Waals surface area (Å²) in [7, 11) is 4.29. The fraction of sp³-hybridized carbons (Fsp3) is 0.414. The van der Waals surface area contributed by atoms with Crippen LogP contribution < -0.4 is 15.0 Å². The molecule has 4 aromatic rings. The molecule has 8 nitrogen and oxygen atoms in total. The molecule has 2 fully saturated rings. The lowest BCUT2D eigenvalue weighted by Gasteiger charge is -2.37. The molecular weight excluding hydrogens is 483 g/mol. The number of hydrogen-bond donors (Lipinski definition) is 1. The summed E-state index contributed by atoms with van der Waals surface area (Å²) in [6.07, 6.45) is 5.33. The summed E-state index contributed by atoms with van der Waals surface area (Å²) in [6, 6.07) is 11.7. The van der Waals surface area contributed by atoms with E-state index in [1.54, 1.807) is 30.5 Å². The summed E-state index contributed by atoms with van der Waals surface area (Å²) in [5.41, 5.74) is 2.76. The minimum atomic E-state index is -0.370. The van der Waals surface area contributed by atoms with E-state index in [9.17, 15) is 0 Å². The molecule has 0 aliphatic carbocycles. The zero-order chi connectivity index (χ0) is 26.2. The Morgan fingerprint density at radius 1 is 1.08 bits per heavy atom. The van der Waals surface area contributed by atoms with Crippen molar-refractivity contribution in [1.82, 2.24) is 19.9 Å². The molecule has 4 heterocycles. The van der Waals surface area contributed by atoms with Crippen LogP contribution in [0.25, 0.3) is 21.8 Å². The highest BCUT2D eigenvalue weighted by Crippen LogP contribution is 2.38. The molecule has 0 amide bonds. The van der Waals surface area contributed by atoms with Crippen molar-refractivity contribution >= 4 is 39.0 Å². The quantitative estimate of drug-likeness (QED) is 0.368. The van der Waals surface area contributed by atoms with E-state index in [4.69, 9.17) is 9.47 Å². The van der Waals surface area contributed by atoms with E-state index in [1.807, 2.05) is 0 Å². The van der Waals surface area contributed by atoms with Crippen LogP contribution in [-0.2, 0) is 4.74 Å². The topological polar surface area (TPSA) is 75.6 Å². The molecule has 2 saturated heterocycles. The van der Waals surface area contributed by atoms with Crippen molar-refractivity contribution in [3.63, 3.8) is 0 Å². The third-order valence-electron chi connectivity index (χ3n) is 7.86. The molecule has 2 aromatic heterocycles. The van der Waals surface area contributed by atoms with Crippen LogP contribution in [0.5, 0.6) is 5.75 Å². The number of nitrogens with one attached hydrogen (secondary N) is 1. The van der Waals surface area contributed by atoms with Crippen molar-refractivity contribution in [2.24, 2.45) is 5.92 Å². The predicted octanol–water partition coefficient (Wildman–Crippen LogP) is 5.00. The van der Waals surface area contributed by atoms with Gasteiger partial charge in [0.25, 0.3) is 0 Å². The van der Waals surface area contributed by atoms with Gasteiger partial charge in [0.15, 0.2) is 5.82 Å². The third-order valence-corrected chi connectivity index (χ3v) is 7.86. The number of fused-ring (bicyclic) bond motifs is 2. The molecule has 2 aliphatic heterocycles. The van der Waals surface area contributed by atoms with Crippen LogP contribution in [0.3, 0.4) is 0 Å². The predicted molar refractivity (Wildman–Crippen MR) is 148 cm³/mol. The van der Waals surface area contributed by atoms with Crippen molar-refractivity contribution in [3.8, 4) is 5.75 Å². The van der Waals surface area contributed by atoms with Crippen molar-refractivity contribution < 1.29 is 13.9 Å². The van der Waals surface area contributed by atoms with E-state index in [2.05, 4.69) is 63.2 Å². The molecular formula is C29H33FN6O2. The first-order valence-electron chi connectivity index (χ1n) is 13.2. The standard InChI is InChI=1S/C29H33FN6O2/c1-18(19-15-37-16-19)38-26-14-21(36-11-8-20(9-12-36)35(2)3)13-25-27(26)29(33-17-32-25)34-24-7-6-23-22(28(24)30)5-4-10-31-23/h4-7,10,13-14,17-20H,8-9,11-12,15-16H2,1-3H3,(H,32,33,34)/t18-/m1/s1. The lowest BCUT2D eigenvalue weighted by Crippen LogP contribution is -2.42. The van der Waals surface area contributed by atoms with Crippen molar-refractivity contribution in [1.29, 1.82) is 0 Å². The average Bonchev–Trinajstić information content (AvgIpc) is 2.89. The number of pyridine rings is 1. The van der Waals surface area contributed by atoms with Gasteiger partial charge in [0.05, 0.1) is 35.3 Å². The van der Waals surface area contributed by atoms with Crippen LogP contribution in [-0.4, -0.2) is 72.4 Å². The van der Waals surface area contributed by atoms with Crippen LogP contribution in [0.1, 0.15) is 19.8 Å². The zero-order valence-electron chi connectivity index (χ0n) is 22.0. The van der Waals surface area contributed by atoms with E-state index in [0.29, 0.717) is 53.3 Å². The van der Waals surface area contributed by atoms with E-state index in [0.717, 1.165) is 42.5 Å². The van der Waals surface area contributed by atoms with Crippen molar-refractivity contribution in [3.05, 3.63) is 54.7 Å². The second-order valence-electron chi connectivity index (χ2n) is 10.5. The third kappa shape index (κ3) is 4.72. The molecule has 0 unspecified atom stereocenters. The summed E-state index contributed by atoms with van der Waals surface area (Å²) in [5.74, 6) is 1.15. The first-order valence-corrected chi connectivity index (χ1v) is 13.2. The molecule has 0 saturated carbocycles. The molecule has 198 valence electrons. The van der Waals surface area contributed by atoms with Gasteiger partial charge in [-0.1, -0.05) is 0 Å². The normalized spacial score (nSPS) is 17.7. The van der Waals surface area contributed by atoms with Crippen LogP contribution >= 0.6 is 0 Å². The number of halogens is 1. The Morgan fingerprint density at radius 2 is 1.89 bits per heavy atom. The van der Waals surface area contributed by atoms with Gasteiger partial charge in [-0.2, -0.15) is 0 Å². The second kappa shape index (κ2) is 10.3. The van der Waals surface area contributed by atoms with Gasteiger partial charge in [0.2, 0.25) is 0 Å². The van der Waals surface area contributed by atoms with Crippen molar-refractivity contribution in [2.45, 2.75) is 31.9 Å². The Balaban J connectivity index is 1.39. The molecule has 0 radical (unpaired) electrons. The molecule has 0 spiro atoms. The Kier molecular flexibility index (Phi) is 6.71. The molecule has 9 heteroatoms. The fourth-order valence-corrected chi connectivity index (χ4v) is 5.31. The minimum Gasteiger partial charge on any atom is -0.489 e. The molecule has 1 atom stereocenters. The summed E-state index contributed by atoms with van der Waals surface area (Å²) in [4.78, 5) is 18.1. The Morgan fingerprint density at radius 3 is 2.63 bits per heavy atom. The van der Waals surface area contributed by atoms with Gasteiger partial charge < -0.3 is 24.6 Å². The number of aromatic nitrogens is 3. The fourth-order valence-electron chi connectivity index (χ4n) is 5.31. The van der Waals surface area contributed by atoms with Gasteiger partial charge in [0.1, 0.15) is 24.0 Å². The highest BCUT2D eigenvalue weighted by atomic mass is 19.1. The van der Waals surface area contributed by atoms with Crippen LogP contribution in [0.4, 0.5) is 21.6 Å². The zero-order valence-corrected chi connectivity index (χ0v) is 22.0. The SMILES string of the molecule is C[C@@H](Oc1cc(N2CCC(N(C)C)CC2)cc2ncnc(Nc3ccc4ncccc4c3F)c12)C1COC1. The number of piperidine rings is 1. The number of nitrogens with zero attached hydrogens (tertiary/aromatic N) is 5. The molecule has 2 aromatic carbocycles. The van der Waals surface area contributed by atoms with Gasteiger partial charge in [0, 0.05) is 48.4 Å². The van der Waals surface area contributed by atoms with E-state index in [-0.39, 0.29) is 11.9 Å². The Labute approximate surface area is 221 Å². The maximum atomic E-state index is 15.4. The lowest BCUT2D eigenvalue weighted by molar-refractivity contribution is -0.0773. The van der Waals surface area contributed by atoms with Crippen LogP contribution in [0, 0.1) is 11.7 Å². The van der Waals surface area contributed by atoms with Crippen LogP contribution in [0.15, 0.2) is 48.9 Å². The number of rotatable bonds is 7. The van der Waals surface area contributed by atoms with Gasteiger partial charge in [-0.05, 0) is 64.2 Å². The maximum absolute atomic E-state index is 15.4. The van der Waals surface area contributed by atoms with Gasteiger partial charge in [-0.3, -0.25) is 4.98 Å².